The average molecular weight is 396 g/mol. The minimum absolute atomic E-state index is 0.334. The van der Waals surface area contributed by atoms with Crippen molar-refractivity contribution in [3.8, 4) is 11.5 Å². The Morgan fingerprint density at radius 1 is 1.10 bits per heavy atom. The van der Waals surface area contributed by atoms with Gasteiger partial charge in [0.25, 0.3) is 5.91 Å². The molecule has 0 saturated heterocycles. The molecule has 3 N–H and O–H groups in total. The number of aromatic nitrogens is 2. The van der Waals surface area contributed by atoms with Crippen LogP contribution in [-0.4, -0.2) is 42.0 Å². The Morgan fingerprint density at radius 3 is 2.55 bits per heavy atom. The standard InChI is InChI=1S/C21H24N4O4/c1-4-7-16(20(27)25-21-23-14-8-5-6-9-15(14)24-21)22-19(26)13-10-11-17(28-2)18(12-13)29-3/h5-6,8-12,16H,4,7H2,1-3H3,(H,22,26)(H2,23,24,25,27)/t16-/m1/s1. The highest BCUT2D eigenvalue weighted by Gasteiger charge is 2.22. The zero-order valence-corrected chi connectivity index (χ0v) is 16.6. The summed E-state index contributed by atoms with van der Waals surface area (Å²) in [6.07, 6.45) is 1.22. The van der Waals surface area contributed by atoms with E-state index in [-0.39, 0.29) is 11.8 Å². The number of aromatic amines is 1. The molecule has 0 fully saturated rings. The van der Waals surface area contributed by atoms with Crippen LogP contribution in [0.3, 0.4) is 0 Å². The Balaban J connectivity index is 1.73. The van der Waals surface area contributed by atoms with Crippen molar-refractivity contribution in [2.45, 2.75) is 25.8 Å². The van der Waals surface area contributed by atoms with Crippen LogP contribution in [0.5, 0.6) is 11.5 Å². The number of H-pyrrole nitrogens is 1. The molecule has 0 unspecified atom stereocenters. The van der Waals surface area contributed by atoms with E-state index in [1.54, 1.807) is 18.2 Å². The van der Waals surface area contributed by atoms with Gasteiger partial charge < -0.3 is 19.8 Å². The van der Waals surface area contributed by atoms with Gasteiger partial charge in [-0.1, -0.05) is 25.5 Å². The molecule has 0 saturated carbocycles. The Kier molecular flexibility index (Phi) is 6.33. The number of hydrogen-bond acceptors (Lipinski definition) is 5. The lowest BCUT2D eigenvalue weighted by atomic mass is 10.1. The molecule has 8 heteroatoms. The zero-order chi connectivity index (χ0) is 20.8. The van der Waals surface area contributed by atoms with Crippen LogP contribution in [0.1, 0.15) is 30.1 Å². The first-order valence-corrected chi connectivity index (χ1v) is 9.34. The minimum Gasteiger partial charge on any atom is -0.493 e. The van der Waals surface area contributed by atoms with Crippen LogP contribution in [0, 0.1) is 0 Å². The summed E-state index contributed by atoms with van der Waals surface area (Å²) in [6.45, 7) is 1.95. The van der Waals surface area contributed by atoms with Gasteiger partial charge >= 0.3 is 0 Å². The van der Waals surface area contributed by atoms with E-state index in [4.69, 9.17) is 9.47 Å². The van der Waals surface area contributed by atoms with Crippen molar-refractivity contribution >= 4 is 28.8 Å². The van der Waals surface area contributed by atoms with Crippen molar-refractivity contribution in [2.75, 3.05) is 19.5 Å². The molecule has 1 heterocycles. The first-order chi connectivity index (χ1) is 14.0. The molecule has 0 radical (unpaired) electrons. The van der Waals surface area contributed by atoms with E-state index in [1.807, 2.05) is 31.2 Å². The predicted molar refractivity (Wildman–Crippen MR) is 110 cm³/mol. The molecule has 0 spiro atoms. The fourth-order valence-electron chi connectivity index (χ4n) is 2.99. The molecule has 152 valence electrons. The van der Waals surface area contributed by atoms with E-state index in [9.17, 15) is 9.59 Å². The van der Waals surface area contributed by atoms with Crippen LogP contribution < -0.4 is 20.1 Å². The van der Waals surface area contributed by atoms with Gasteiger partial charge in [0.1, 0.15) is 6.04 Å². The Bertz CT molecular complexity index is 982. The number of carbonyl (C=O) groups excluding carboxylic acids is 2. The lowest BCUT2D eigenvalue weighted by Gasteiger charge is -2.17. The number of imidazole rings is 1. The van der Waals surface area contributed by atoms with Crippen molar-refractivity contribution in [1.29, 1.82) is 0 Å². The number of methoxy groups -OCH3 is 2. The normalized spacial score (nSPS) is 11.7. The van der Waals surface area contributed by atoms with Crippen LogP contribution in [0.25, 0.3) is 11.0 Å². The molecule has 0 bridgehead atoms. The molecule has 8 nitrogen and oxygen atoms in total. The van der Waals surface area contributed by atoms with Gasteiger partial charge in [-0.05, 0) is 36.8 Å². The molecule has 1 aromatic heterocycles. The highest BCUT2D eigenvalue weighted by molar-refractivity contribution is 6.01. The Hall–Kier alpha value is -3.55. The Labute approximate surface area is 168 Å². The Morgan fingerprint density at radius 2 is 1.86 bits per heavy atom. The van der Waals surface area contributed by atoms with Gasteiger partial charge in [0.2, 0.25) is 11.9 Å². The quantitative estimate of drug-likeness (QED) is 0.543. The van der Waals surface area contributed by atoms with E-state index in [1.165, 1.54) is 14.2 Å². The van der Waals surface area contributed by atoms with Crippen LogP contribution in [-0.2, 0) is 4.79 Å². The number of anilines is 1. The topological polar surface area (TPSA) is 105 Å². The first-order valence-electron chi connectivity index (χ1n) is 9.34. The van der Waals surface area contributed by atoms with Gasteiger partial charge in [-0.25, -0.2) is 4.98 Å². The molecule has 0 aliphatic carbocycles. The third-order valence-corrected chi connectivity index (χ3v) is 4.48. The van der Waals surface area contributed by atoms with Crippen molar-refractivity contribution < 1.29 is 19.1 Å². The molecule has 2 aromatic carbocycles. The smallest absolute Gasteiger partial charge is 0.252 e. The first kappa shape index (κ1) is 20.2. The lowest BCUT2D eigenvalue weighted by molar-refractivity contribution is -0.118. The lowest BCUT2D eigenvalue weighted by Crippen LogP contribution is -2.43. The molecule has 1 atom stereocenters. The third kappa shape index (κ3) is 4.66. The van der Waals surface area contributed by atoms with Gasteiger partial charge in [0.05, 0.1) is 25.3 Å². The van der Waals surface area contributed by atoms with Crippen molar-refractivity contribution in [3.63, 3.8) is 0 Å². The maximum atomic E-state index is 12.7. The van der Waals surface area contributed by atoms with Gasteiger partial charge in [-0.2, -0.15) is 0 Å². The predicted octanol–water partition coefficient (Wildman–Crippen LogP) is 3.12. The van der Waals surface area contributed by atoms with Gasteiger partial charge in [-0.15, -0.1) is 0 Å². The highest BCUT2D eigenvalue weighted by atomic mass is 16.5. The monoisotopic (exact) mass is 396 g/mol. The van der Waals surface area contributed by atoms with Gasteiger partial charge in [-0.3, -0.25) is 14.9 Å². The average Bonchev–Trinajstić information content (AvgIpc) is 3.14. The number of nitrogens with one attached hydrogen (secondary N) is 3. The minimum atomic E-state index is -0.700. The summed E-state index contributed by atoms with van der Waals surface area (Å²) in [7, 11) is 3.03. The van der Waals surface area contributed by atoms with Crippen molar-refractivity contribution in [2.24, 2.45) is 0 Å². The van der Waals surface area contributed by atoms with E-state index in [0.29, 0.717) is 29.4 Å². The molecule has 29 heavy (non-hydrogen) atoms. The fourth-order valence-corrected chi connectivity index (χ4v) is 2.99. The van der Waals surface area contributed by atoms with Gasteiger partial charge in [0.15, 0.2) is 11.5 Å². The fraction of sp³-hybridized carbons (Fsp3) is 0.286. The number of amides is 2. The summed E-state index contributed by atoms with van der Waals surface area (Å²) in [4.78, 5) is 32.8. The summed E-state index contributed by atoms with van der Waals surface area (Å²) < 4.78 is 10.4. The number of carbonyl (C=O) groups is 2. The van der Waals surface area contributed by atoms with Crippen LogP contribution >= 0.6 is 0 Å². The van der Waals surface area contributed by atoms with E-state index >= 15 is 0 Å². The largest absolute Gasteiger partial charge is 0.493 e. The molecule has 0 aliphatic heterocycles. The van der Waals surface area contributed by atoms with Crippen LogP contribution in [0.15, 0.2) is 42.5 Å². The molecular weight excluding hydrogens is 372 g/mol. The number of nitrogens with zero attached hydrogens (tertiary/aromatic N) is 1. The SMILES string of the molecule is CCC[C@@H](NC(=O)c1ccc(OC)c(OC)c1)C(=O)Nc1nc2ccccc2[nH]1. The van der Waals surface area contributed by atoms with Gasteiger partial charge in [0, 0.05) is 5.56 Å². The van der Waals surface area contributed by atoms with E-state index in [2.05, 4.69) is 20.6 Å². The number of para-hydroxylation sites is 2. The zero-order valence-electron chi connectivity index (χ0n) is 16.6. The number of ether oxygens (including phenoxy) is 2. The van der Waals surface area contributed by atoms with Crippen molar-refractivity contribution in [1.82, 2.24) is 15.3 Å². The number of fused-ring (bicyclic) bond motifs is 1. The summed E-state index contributed by atoms with van der Waals surface area (Å²) in [5, 5.41) is 5.54. The maximum absolute atomic E-state index is 12.7. The second kappa shape index (κ2) is 9.09. The second-order valence-corrected chi connectivity index (χ2v) is 6.48. The molecule has 3 rings (SSSR count). The summed E-state index contributed by atoms with van der Waals surface area (Å²) >= 11 is 0. The number of rotatable bonds is 8. The van der Waals surface area contributed by atoms with Crippen LogP contribution in [0.2, 0.25) is 0 Å². The maximum Gasteiger partial charge on any atom is 0.252 e. The third-order valence-electron chi connectivity index (χ3n) is 4.48. The number of hydrogen-bond donors (Lipinski definition) is 3. The van der Waals surface area contributed by atoms with Crippen LogP contribution in [0.4, 0.5) is 5.95 Å². The molecule has 0 aliphatic rings. The van der Waals surface area contributed by atoms with E-state index < -0.39 is 6.04 Å². The molecule has 2 amide bonds. The molecular formula is C21H24N4O4. The number of benzene rings is 2. The van der Waals surface area contributed by atoms with Crippen molar-refractivity contribution in [3.05, 3.63) is 48.0 Å². The second-order valence-electron chi connectivity index (χ2n) is 6.48. The summed E-state index contributed by atoms with van der Waals surface area (Å²) in [5.74, 6) is 0.609. The summed E-state index contributed by atoms with van der Waals surface area (Å²) in [5.41, 5.74) is 1.95. The van der Waals surface area contributed by atoms with E-state index in [0.717, 1.165) is 17.5 Å². The summed E-state index contributed by atoms with van der Waals surface area (Å²) in [6, 6.07) is 11.6. The highest BCUT2D eigenvalue weighted by Crippen LogP contribution is 2.27. The molecule has 3 aromatic rings.